The first-order valence-corrected chi connectivity index (χ1v) is 11.1. The van der Waals surface area contributed by atoms with E-state index in [0.29, 0.717) is 0 Å². The molecular formula is C5H12B3O2P2S2. The Morgan fingerprint density at radius 3 is 1.86 bits per heavy atom. The molecule has 0 bridgehead atoms. The largest absolute Gasteiger partial charge is 0.335 e. The summed E-state index contributed by atoms with van der Waals surface area (Å²) >= 11 is 2.17. The van der Waals surface area contributed by atoms with Gasteiger partial charge in [0.25, 0.3) is 0 Å². The summed E-state index contributed by atoms with van der Waals surface area (Å²) in [6, 6.07) is 0. The van der Waals surface area contributed by atoms with Crippen LogP contribution in [0, 0.1) is 0 Å². The molecule has 2 nitrogen and oxygen atoms in total. The zero-order valence-corrected chi connectivity index (χ0v) is 12.2. The van der Waals surface area contributed by atoms with Crippen LogP contribution < -0.4 is 0 Å². The minimum absolute atomic E-state index is 0.806. The molecule has 0 amide bonds. The van der Waals surface area contributed by atoms with Crippen LogP contribution in [0.1, 0.15) is 13.8 Å². The van der Waals surface area contributed by atoms with Gasteiger partial charge in [0.15, 0.2) is 15.1 Å². The molecule has 5 radical (unpaired) electrons. The van der Waals surface area contributed by atoms with Crippen molar-refractivity contribution in [3.05, 3.63) is 0 Å². The molecule has 9 heteroatoms. The van der Waals surface area contributed by atoms with E-state index in [4.69, 9.17) is 15.1 Å². The minimum Gasteiger partial charge on any atom is -0.335 e. The normalized spacial score (nSPS) is 20.9. The summed E-state index contributed by atoms with van der Waals surface area (Å²) in [6.07, 6.45) is -2.43. The summed E-state index contributed by atoms with van der Waals surface area (Å²) in [6.45, 7) is 4.82. The van der Waals surface area contributed by atoms with E-state index in [0.717, 1.165) is 22.8 Å². The second-order valence-electron chi connectivity index (χ2n) is 3.39. The molecule has 0 aliphatic carbocycles. The van der Waals surface area contributed by atoms with Crippen LogP contribution in [0.4, 0.5) is 0 Å². The summed E-state index contributed by atoms with van der Waals surface area (Å²) in [4.78, 5) is 0. The van der Waals surface area contributed by atoms with E-state index in [1.807, 2.05) is 0 Å². The highest BCUT2D eigenvalue weighted by molar-refractivity contribution is 8.73. The first kappa shape index (κ1) is 15.4. The summed E-state index contributed by atoms with van der Waals surface area (Å²) in [7, 11) is 11.2. The Hall–Kier alpha value is 1.35. The van der Waals surface area contributed by atoms with E-state index < -0.39 is 17.4 Å². The fourth-order valence-electron chi connectivity index (χ4n) is 0.809. The van der Waals surface area contributed by atoms with Crippen molar-refractivity contribution in [2.24, 2.45) is 0 Å². The molecule has 0 fully saturated rings. The first-order chi connectivity index (χ1) is 6.08. The maximum Gasteiger partial charge on any atom is 0.212 e. The van der Waals surface area contributed by atoms with E-state index in [9.17, 15) is 9.13 Å². The van der Waals surface area contributed by atoms with Crippen LogP contribution in [0.3, 0.4) is 0 Å². The molecule has 14 heavy (non-hydrogen) atoms. The predicted octanol–water partition coefficient (Wildman–Crippen LogP) is 2.79. The van der Waals surface area contributed by atoms with Gasteiger partial charge in [-0.25, -0.2) is 0 Å². The lowest BCUT2D eigenvalue weighted by atomic mass is 9.88. The molecule has 0 aromatic heterocycles. The average Bonchev–Trinajstić information content (AvgIpc) is 2.02. The Balaban J connectivity index is 4.83. The van der Waals surface area contributed by atoms with Crippen molar-refractivity contribution < 1.29 is 9.13 Å². The van der Waals surface area contributed by atoms with Gasteiger partial charge in [-0.05, 0) is 17.6 Å². The van der Waals surface area contributed by atoms with Gasteiger partial charge in [-0.3, -0.25) is 0 Å². The van der Waals surface area contributed by atoms with Crippen molar-refractivity contribution in [3.63, 3.8) is 0 Å². The molecule has 2 unspecified atom stereocenters. The number of hydrogen-bond acceptors (Lipinski definition) is 4. The number of rotatable bonds is 5. The Bertz CT molecular complexity index is 297. The summed E-state index contributed by atoms with van der Waals surface area (Å²) in [5, 5.41) is -0.806. The van der Waals surface area contributed by atoms with Crippen LogP contribution in [-0.2, 0) is 9.13 Å². The van der Waals surface area contributed by atoms with Crippen molar-refractivity contribution in [1.29, 1.82) is 0 Å². The molecule has 0 rings (SSSR count). The van der Waals surface area contributed by atoms with Gasteiger partial charge in [0.2, 0.25) is 7.00 Å². The van der Waals surface area contributed by atoms with Crippen LogP contribution in [0.5, 0.6) is 0 Å². The third-order valence-corrected chi connectivity index (χ3v) is 11.0. The maximum atomic E-state index is 11.9. The SMILES string of the molecule is [B]P(=O)([B]C(C)(C)P([B])(=O)SC)SC. The third kappa shape index (κ3) is 4.08. The lowest BCUT2D eigenvalue weighted by Gasteiger charge is -2.32. The van der Waals surface area contributed by atoms with Crippen molar-refractivity contribution in [2.75, 3.05) is 12.5 Å². The van der Waals surface area contributed by atoms with E-state index in [1.165, 1.54) is 7.00 Å². The standard InChI is InChI=1S/C5H12B3O2P2S2/c1-5(2,11(6,9)13-3)8-12(7,10)14-4/h1-4H3. The Kier molecular flexibility index (Phi) is 5.62. The highest BCUT2D eigenvalue weighted by Gasteiger charge is 2.40. The van der Waals surface area contributed by atoms with Crippen LogP contribution in [-0.4, -0.2) is 39.7 Å². The Morgan fingerprint density at radius 2 is 1.57 bits per heavy atom. The molecule has 0 saturated carbocycles. The van der Waals surface area contributed by atoms with Gasteiger partial charge in [0.05, 0.1) is 6.22 Å². The smallest absolute Gasteiger partial charge is 0.212 e. The van der Waals surface area contributed by atoms with Gasteiger partial charge in [-0.1, -0.05) is 13.8 Å². The highest BCUT2D eigenvalue weighted by atomic mass is 32.7. The lowest BCUT2D eigenvalue weighted by Crippen LogP contribution is -2.27. The van der Waals surface area contributed by atoms with Gasteiger partial charge in [-0.15, -0.1) is 22.8 Å². The van der Waals surface area contributed by atoms with Gasteiger partial charge >= 0.3 is 0 Å². The number of hydrogen-bond donors (Lipinski definition) is 0. The van der Waals surface area contributed by atoms with E-state index >= 15 is 0 Å². The summed E-state index contributed by atoms with van der Waals surface area (Å²) < 4.78 is 23.6. The Morgan fingerprint density at radius 1 is 1.14 bits per heavy atom. The van der Waals surface area contributed by atoms with E-state index in [1.54, 1.807) is 26.4 Å². The zero-order chi connectivity index (χ0) is 11.6. The molecule has 0 spiro atoms. The van der Waals surface area contributed by atoms with Crippen LogP contribution in [0.25, 0.3) is 0 Å². The predicted molar refractivity (Wildman–Crippen MR) is 73.6 cm³/mol. The first-order valence-electron chi connectivity index (χ1n) is 3.83. The molecule has 0 aliphatic heterocycles. The van der Waals surface area contributed by atoms with Gasteiger partial charge in [0.1, 0.15) is 0 Å². The molecule has 0 aromatic carbocycles. The zero-order valence-electron chi connectivity index (χ0n) is 8.76. The van der Waals surface area contributed by atoms with Crippen LogP contribution >= 0.6 is 35.1 Å². The van der Waals surface area contributed by atoms with Gasteiger partial charge < -0.3 is 9.13 Å². The monoisotopic (exact) mass is 263 g/mol. The average molecular weight is 263 g/mol. The second kappa shape index (κ2) is 5.12. The van der Waals surface area contributed by atoms with E-state index in [-0.39, 0.29) is 0 Å². The quantitative estimate of drug-likeness (QED) is 0.564. The summed E-state index contributed by atoms with van der Waals surface area (Å²) in [5.74, 6) is 0. The maximum absolute atomic E-state index is 11.9. The fourth-order valence-corrected chi connectivity index (χ4v) is 6.60. The topological polar surface area (TPSA) is 34.1 Å². The minimum atomic E-state index is -2.89. The molecule has 75 valence electrons. The van der Waals surface area contributed by atoms with Gasteiger partial charge in [0, 0.05) is 6.10 Å². The van der Waals surface area contributed by atoms with Crippen molar-refractivity contribution >= 4 is 57.2 Å². The molecule has 0 heterocycles. The Labute approximate surface area is 97.7 Å². The molecule has 0 saturated heterocycles. The lowest BCUT2D eigenvalue weighted by molar-refractivity contribution is 0.583. The van der Waals surface area contributed by atoms with Gasteiger partial charge in [-0.2, -0.15) is 0 Å². The molecule has 0 N–H and O–H groups in total. The van der Waals surface area contributed by atoms with Crippen molar-refractivity contribution in [2.45, 2.75) is 18.9 Å². The van der Waals surface area contributed by atoms with Crippen LogP contribution in [0.15, 0.2) is 0 Å². The van der Waals surface area contributed by atoms with E-state index in [2.05, 4.69) is 0 Å². The summed E-state index contributed by atoms with van der Waals surface area (Å²) in [5.41, 5.74) is 0. The second-order valence-corrected chi connectivity index (χ2v) is 13.5. The molecular weight excluding hydrogens is 251 g/mol. The molecule has 0 aromatic rings. The molecule has 2 atom stereocenters. The molecule has 0 aliphatic rings. The third-order valence-electron chi connectivity index (χ3n) is 1.86. The fraction of sp³-hybridized carbons (Fsp3) is 1.00. The van der Waals surface area contributed by atoms with Crippen molar-refractivity contribution in [1.82, 2.24) is 0 Å². The highest BCUT2D eigenvalue weighted by Crippen LogP contribution is 2.67. The van der Waals surface area contributed by atoms with Crippen LogP contribution in [0.2, 0.25) is 0 Å². The van der Waals surface area contributed by atoms with Crippen molar-refractivity contribution in [3.8, 4) is 0 Å².